The zero-order valence-corrected chi connectivity index (χ0v) is 12.8. The molecule has 1 aromatic heterocycles. The highest BCUT2D eigenvalue weighted by Gasteiger charge is 2.25. The number of nitrogens with one attached hydrogen (secondary N) is 1. The van der Waals surface area contributed by atoms with E-state index in [1.807, 2.05) is 25.2 Å². The molecule has 1 fully saturated rings. The van der Waals surface area contributed by atoms with Crippen LogP contribution in [-0.4, -0.2) is 43.2 Å². The number of likely N-dealkylation sites (N-methyl/N-ethyl adjacent to an activating group) is 1. The van der Waals surface area contributed by atoms with Crippen LogP contribution in [0.3, 0.4) is 0 Å². The molecule has 1 aliphatic carbocycles. The largest absolute Gasteiger partial charge is 0.476 e. The van der Waals surface area contributed by atoms with Gasteiger partial charge in [0.15, 0.2) is 0 Å². The predicted molar refractivity (Wildman–Crippen MR) is 85.7 cm³/mol. The zero-order chi connectivity index (χ0) is 14.7. The molecular weight excluding hydrogens is 262 g/mol. The maximum Gasteiger partial charge on any atom is 0.214 e. The third-order valence-electron chi connectivity index (χ3n) is 4.01. The first-order valence-corrected chi connectivity index (χ1v) is 7.64. The van der Waals surface area contributed by atoms with E-state index < -0.39 is 0 Å². The second kappa shape index (κ2) is 6.41. The highest BCUT2D eigenvalue weighted by Crippen LogP contribution is 2.25. The van der Waals surface area contributed by atoms with Crippen molar-refractivity contribution in [3.05, 3.63) is 35.9 Å². The van der Waals surface area contributed by atoms with Crippen LogP contribution in [0.25, 0.3) is 10.9 Å². The van der Waals surface area contributed by atoms with Crippen molar-refractivity contribution < 1.29 is 4.74 Å². The van der Waals surface area contributed by atoms with Gasteiger partial charge in [-0.1, -0.05) is 18.2 Å². The summed E-state index contributed by atoms with van der Waals surface area (Å²) >= 11 is 0. The van der Waals surface area contributed by atoms with E-state index in [1.54, 1.807) is 0 Å². The number of hydrogen-bond acceptors (Lipinski definition) is 4. The molecule has 0 unspecified atom stereocenters. The molecule has 3 rings (SSSR count). The summed E-state index contributed by atoms with van der Waals surface area (Å²) in [5.41, 5.74) is 2.23. The zero-order valence-electron chi connectivity index (χ0n) is 12.8. The van der Waals surface area contributed by atoms with Crippen LogP contribution < -0.4 is 10.1 Å². The molecule has 0 amide bonds. The Morgan fingerprint density at radius 1 is 1.33 bits per heavy atom. The number of nitrogens with zero attached hydrogens (tertiary/aromatic N) is 2. The Kier molecular flexibility index (Phi) is 4.36. The lowest BCUT2D eigenvalue weighted by Gasteiger charge is -2.16. The van der Waals surface area contributed by atoms with Crippen LogP contribution in [0, 0.1) is 0 Å². The van der Waals surface area contributed by atoms with Gasteiger partial charge in [0.1, 0.15) is 6.61 Å². The van der Waals surface area contributed by atoms with E-state index in [2.05, 4.69) is 34.4 Å². The molecule has 2 aromatic rings. The van der Waals surface area contributed by atoms with Crippen molar-refractivity contribution in [2.45, 2.75) is 25.4 Å². The number of hydrogen-bond donors (Lipinski definition) is 1. The minimum Gasteiger partial charge on any atom is -0.476 e. The number of benzene rings is 1. The quantitative estimate of drug-likeness (QED) is 0.848. The van der Waals surface area contributed by atoms with Crippen molar-refractivity contribution in [3.8, 4) is 5.88 Å². The van der Waals surface area contributed by atoms with Gasteiger partial charge >= 0.3 is 0 Å². The third-order valence-corrected chi connectivity index (χ3v) is 4.01. The van der Waals surface area contributed by atoms with Crippen LogP contribution in [0.1, 0.15) is 18.4 Å². The molecule has 0 atom stereocenters. The Morgan fingerprint density at radius 3 is 2.90 bits per heavy atom. The topological polar surface area (TPSA) is 37.4 Å². The van der Waals surface area contributed by atoms with Gasteiger partial charge in [0, 0.05) is 30.6 Å². The Morgan fingerprint density at radius 2 is 2.14 bits per heavy atom. The van der Waals surface area contributed by atoms with Crippen LogP contribution >= 0.6 is 0 Å². The molecule has 1 aromatic carbocycles. The third kappa shape index (κ3) is 3.52. The van der Waals surface area contributed by atoms with Gasteiger partial charge in [-0.15, -0.1) is 0 Å². The lowest BCUT2D eigenvalue weighted by Crippen LogP contribution is -2.26. The van der Waals surface area contributed by atoms with E-state index in [0.717, 1.165) is 30.5 Å². The maximum atomic E-state index is 5.87. The van der Waals surface area contributed by atoms with E-state index >= 15 is 0 Å². The summed E-state index contributed by atoms with van der Waals surface area (Å²) < 4.78 is 5.87. The molecule has 4 nitrogen and oxygen atoms in total. The van der Waals surface area contributed by atoms with Crippen LogP contribution in [0.5, 0.6) is 5.88 Å². The smallest absolute Gasteiger partial charge is 0.214 e. The van der Waals surface area contributed by atoms with E-state index in [1.165, 1.54) is 23.8 Å². The summed E-state index contributed by atoms with van der Waals surface area (Å²) in [5.74, 6) is 0.725. The summed E-state index contributed by atoms with van der Waals surface area (Å²) in [7, 11) is 4.13. The molecule has 0 radical (unpaired) electrons. The fraction of sp³-hybridized carbons (Fsp3) is 0.471. The summed E-state index contributed by atoms with van der Waals surface area (Å²) in [4.78, 5) is 6.98. The fourth-order valence-electron chi connectivity index (χ4n) is 2.62. The maximum absolute atomic E-state index is 5.87. The summed E-state index contributed by atoms with van der Waals surface area (Å²) in [5, 5.41) is 4.40. The van der Waals surface area contributed by atoms with Crippen molar-refractivity contribution >= 4 is 10.9 Å². The summed E-state index contributed by atoms with van der Waals surface area (Å²) in [6, 6.07) is 11.0. The number of rotatable bonds is 7. The molecule has 0 saturated heterocycles. The van der Waals surface area contributed by atoms with Crippen LogP contribution in [0.15, 0.2) is 30.3 Å². The van der Waals surface area contributed by atoms with Gasteiger partial charge in [-0.2, -0.15) is 0 Å². The van der Waals surface area contributed by atoms with E-state index in [0.29, 0.717) is 6.61 Å². The molecule has 1 heterocycles. The lowest BCUT2D eigenvalue weighted by molar-refractivity contribution is 0.227. The number of pyridine rings is 1. The second-order valence-electron chi connectivity index (χ2n) is 5.73. The summed E-state index contributed by atoms with van der Waals surface area (Å²) in [6.07, 6.45) is 2.66. The van der Waals surface area contributed by atoms with Crippen LogP contribution in [0.4, 0.5) is 0 Å². The Hall–Kier alpha value is -1.65. The minimum atomic E-state index is 0.692. The minimum absolute atomic E-state index is 0.692. The molecule has 1 saturated carbocycles. The average Bonchev–Trinajstić information content (AvgIpc) is 3.32. The number of fused-ring (bicyclic) bond motifs is 1. The predicted octanol–water partition coefficient (Wildman–Crippen LogP) is 2.43. The Labute approximate surface area is 126 Å². The van der Waals surface area contributed by atoms with Crippen molar-refractivity contribution in [3.63, 3.8) is 0 Å². The molecule has 4 heteroatoms. The highest BCUT2D eigenvalue weighted by molar-refractivity contribution is 5.82. The molecule has 1 aliphatic rings. The molecule has 112 valence electrons. The van der Waals surface area contributed by atoms with E-state index in [-0.39, 0.29) is 0 Å². The number of para-hydroxylation sites is 1. The normalized spacial score (nSPS) is 14.8. The molecule has 0 bridgehead atoms. The van der Waals surface area contributed by atoms with Gasteiger partial charge in [-0.05, 0) is 38.6 Å². The van der Waals surface area contributed by atoms with Crippen molar-refractivity contribution in [2.75, 3.05) is 27.2 Å². The van der Waals surface area contributed by atoms with Crippen LogP contribution in [0.2, 0.25) is 0 Å². The monoisotopic (exact) mass is 285 g/mol. The van der Waals surface area contributed by atoms with E-state index in [4.69, 9.17) is 4.74 Å². The first-order chi connectivity index (χ1) is 10.3. The van der Waals surface area contributed by atoms with Gasteiger partial charge < -0.3 is 15.0 Å². The van der Waals surface area contributed by atoms with Gasteiger partial charge in [-0.3, -0.25) is 0 Å². The van der Waals surface area contributed by atoms with Gasteiger partial charge in [0.2, 0.25) is 5.88 Å². The van der Waals surface area contributed by atoms with Gasteiger partial charge in [-0.25, -0.2) is 4.98 Å². The van der Waals surface area contributed by atoms with Crippen molar-refractivity contribution in [2.24, 2.45) is 0 Å². The summed E-state index contributed by atoms with van der Waals surface area (Å²) in [6.45, 7) is 2.47. The molecular formula is C17H23N3O. The first kappa shape index (κ1) is 14.3. The molecule has 0 spiro atoms. The van der Waals surface area contributed by atoms with Crippen molar-refractivity contribution in [1.82, 2.24) is 15.2 Å². The average molecular weight is 285 g/mol. The standard InChI is InChI=1S/C17H23N3O/c1-18-12-13-11-17(19-16-6-4-3-5-15(13)16)21-10-9-20(2)14-7-8-14/h3-6,11,14,18H,7-10,12H2,1-2H3. The van der Waals surface area contributed by atoms with E-state index in [9.17, 15) is 0 Å². The Bertz CT molecular complexity index is 610. The number of ether oxygens (including phenoxy) is 1. The Balaban J connectivity index is 1.71. The lowest BCUT2D eigenvalue weighted by atomic mass is 10.1. The highest BCUT2D eigenvalue weighted by atomic mass is 16.5. The number of aromatic nitrogens is 1. The molecule has 0 aliphatic heterocycles. The first-order valence-electron chi connectivity index (χ1n) is 7.64. The molecule has 21 heavy (non-hydrogen) atoms. The van der Waals surface area contributed by atoms with Gasteiger partial charge in [0.25, 0.3) is 0 Å². The van der Waals surface area contributed by atoms with Crippen LogP contribution in [-0.2, 0) is 6.54 Å². The second-order valence-corrected chi connectivity index (χ2v) is 5.73. The molecule has 1 N–H and O–H groups in total. The SMILES string of the molecule is CNCc1cc(OCCN(C)C2CC2)nc2ccccc12. The van der Waals surface area contributed by atoms with Gasteiger partial charge in [0.05, 0.1) is 5.52 Å². The van der Waals surface area contributed by atoms with Crippen molar-refractivity contribution in [1.29, 1.82) is 0 Å². The fourth-order valence-corrected chi connectivity index (χ4v) is 2.62.